The van der Waals surface area contributed by atoms with Gasteiger partial charge in [-0.1, -0.05) is 18.2 Å². The molecule has 0 saturated carbocycles. The van der Waals surface area contributed by atoms with Crippen molar-refractivity contribution in [1.29, 1.82) is 0 Å². The Bertz CT molecular complexity index is 820. The quantitative estimate of drug-likeness (QED) is 0.439. The van der Waals surface area contributed by atoms with Crippen LogP contribution < -0.4 is 10.6 Å². The van der Waals surface area contributed by atoms with Gasteiger partial charge in [-0.25, -0.2) is 4.79 Å². The van der Waals surface area contributed by atoms with Crippen molar-refractivity contribution in [2.24, 2.45) is 0 Å². The summed E-state index contributed by atoms with van der Waals surface area (Å²) < 4.78 is 5.27. The van der Waals surface area contributed by atoms with Gasteiger partial charge in [-0.3, -0.25) is 9.59 Å². The first-order chi connectivity index (χ1) is 14.7. The first-order valence-electron chi connectivity index (χ1n) is 10.7. The summed E-state index contributed by atoms with van der Waals surface area (Å²) in [6, 6.07) is 2.32. The lowest BCUT2D eigenvalue weighted by Crippen LogP contribution is -2.56. The molecule has 9 heteroatoms. The molecule has 3 N–H and O–H groups in total. The van der Waals surface area contributed by atoms with Gasteiger partial charge in [-0.2, -0.15) is 12.6 Å². The first kappa shape index (κ1) is 27.6. The zero-order chi connectivity index (χ0) is 24.8. The molecule has 0 radical (unpaired) electrons. The highest BCUT2D eigenvalue weighted by Gasteiger charge is 2.38. The summed E-state index contributed by atoms with van der Waals surface area (Å²) in [6.07, 6.45) is -0.754. The Balaban J connectivity index is 3.43. The topological polar surface area (TPSA) is 108 Å². The van der Waals surface area contributed by atoms with E-state index in [1.165, 1.54) is 4.90 Å². The Morgan fingerprint density at radius 2 is 1.72 bits per heavy atom. The molecule has 0 saturated heterocycles. The summed E-state index contributed by atoms with van der Waals surface area (Å²) in [5.41, 5.74) is 0.151. The maximum absolute atomic E-state index is 13.6. The van der Waals surface area contributed by atoms with E-state index in [9.17, 15) is 19.5 Å². The van der Waals surface area contributed by atoms with Crippen LogP contribution >= 0.6 is 12.6 Å². The van der Waals surface area contributed by atoms with E-state index in [-0.39, 0.29) is 17.5 Å². The molecule has 32 heavy (non-hydrogen) atoms. The average molecular weight is 468 g/mol. The van der Waals surface area contributed by atoms with Crippen molar-refractivity contribution in [1.82, 2.24) is 15.5 Å². The molecule has 0 fully saturated rings. The molecule has 0 spiro atoms. The molecule has 0 bridgehead atoms. The van der Waals surface area contributed by atoms with Crippen LogP contribution in [-0.2, 0) is 14.3 Å². The van der Waals surface area contributed by atoms with Crippen molar-refractivity contribution in [2.75, 3.05) is 5.75 Å². The van der Waals surface area contributed by atoms with E-state index >= 15 is 0 Å². The summed E-state index contributed by atoms with van der Waals surface area (Å²) in [6.45, 7) is 14.0. The number of benzene rings is 1. The number of aromatic hydroxyl groups is 1. The summed E-state index contributed by atoms with van der Waals surface area (Å²) >= 11 is 4.24. The third-order valence-corrected chi connectivity index (χ3v) is 4.87. The SMILES string of the molecule is Cc1cccc(C(C(=O)NC(C)C)N(C(=O)C(CS)NC(=O)OC(C)(C)C)C(C)C)c1O. The van der Waals surface area contributed by atoms with Gasteiger partial charge in [0.25, 0.3) is 0 Å². The fourth-order valence-electron chi connectivity index (χ4n) is 3.18. The largest absolute Gasteiger partial charge is 0.507 e. The van der Waals surface area contributed by atoms with E-state index in [1.54, 1.807) is 59.7 Å². The smallest absolute Gasteiger partial charge is 0.408 e. The average Bonchev–Trinajstić information content (AvgIpc) is 2.63. The molecule has 1 rings (SSSR count). The van der Waals surface area contributed by atoms with Gasteiger partial charge in [0.1, 0.15) is 23.4 Å². The van der Waals surface area contributed by atoms with Gasteiger partial charge < -0.3 is 25.4 Å². The van der Waals surface area contributed by atoms with Crippen molar-refractivity contribution >= 4 is 30.5 Å². The molecule has 0 aliphatic carbocycles. The number of alkyl carbamates (subject to hydrolysis) is 1. The lowest BCUT2D eigenvalue weighted by Gasteiger charge is -2.37. The predicted octanol–water partition coefficient (Wildman–Crippen LogP) is 3.33. The van der Waals surface area contributed by atoms with E-state index in [1.807, 2.05) is 13.8 Å². The van der Waals surface area contributed by atoms with Crippen LogP contribution in [-0.4, -0.2) is 57.4 Å². The fraction of sp³-hybridized carbons (Fsp3) is 0.609. The minimum Gasteiger partial charge on any atom is -0.507 e. The molecule has 8 nitrogen and oxygen atoms in total. The maximum atomic E-state index is 13.6. The number of phenols is 1. The zero-order valence-corrected chi connectivity index (χ0v) is 21.1. The highest BCUT2D eigenvalue weighted by atomic mass is 32.1. The second-order valence-corrected chi connectivity index (χ2v) is 9.66. The van der Waals surface area contributed by atoms with Gasteiger partial charge in [0.05, 0.1) is 0 Å². The van der Waals surface area contributed by atoms with Gasteiger partial charge in [0, 0.05) is 23.4 Å². The Morgan fingerprint density at radius 3 is 2.19 bits per heavy atom. The number of ether oxygens (including phenoxy) is 1. The molecule has 1 aromatic rings. The van der Waals surface area contributed by atoms with Crippen LogP contribution in [0.4, 0.5) is 4.79 Å². The third-order valence-electron chi connectivity index (χ3n) is 4.50. The Labute approximate surface area is 196 Å². The van der Waals surface area contributed by atoms with Crippen LogP contribution in [0.2, 0.25) is 0 Å². The number of rotatable bonds is 8. The normalized spacial score (nSPS) is 13.5. The van der Waals surface area contributed by atoms with Crippen LogP contribution in [0.3, 0.4) is 0 Å². The number of hydrogen-bond donors (Lipinski definition) is 4. The monoisotopic (exact) mass is 467 g/mol. The highest BCUT2D eigenvalue weighted by molar-refractivity contribution is 7.80. The van der Waals surface area contributed by atoms with Crippen molar-refractivity contribution in [3.63, 3.8) is 0 Å². The van der Waals surface area contributed by atoms with Crippen molar-refractivity contribution in [3.8, 4) is 5.75 Å². The molecule has 3 amide bonds. The lowest BCUT2D eigenvalue weighted by atomic mass is 9.98. The zero-order valence-electron chi connectivity index (χ0n) is 20.2. The maximum Gasteiger partial charge on any atom is 0.408 e. The lowest BCUT2D eigenvalue weighted by molar-refractivity contribution is -0.144. The van der Waals surface area contributed by atoms with Crippen LogP contribution in [0.5, 0.6) is 5.75 Å². The van der Waals surface area contributed by atoms with Crippen LogP contribution in [0, 0.1) is 6.92 Å². The molecule has 0 heterocycles. The predicted molar refractivity (Wildman–Crippen MR) is 128 cm³/mol. The molecule has 1 aromatic carbocycles. The summed E-state index contributed by atoms with van der Waals surface area (Å²) in [7, 11) is 0. The molecule has 2 atom stereocenters. The van der Waals surface area contributed by atoms with Crippen molar-refractivity contribution in [2.45, 2.75) is 85.2 Å². The van der Waals surface area contributed by atoms with E-state index in [2.05, 4.69) is 23.3 Å². The second-order valence-electron chi connectivity index (χ2n) is 9.30. The molecule has 180 valence electrons. The number of para-hydroxylation sites is 1. The first-order valence-corrected chi connectivity index (χ1v) is 11.3. The summed E-state index contributed by atoms with van der Waals surface area (Å²) in [5.74, 6) is -0.999. The number of carbonyl (C=O) groups is 3. The number of nitrogens with zero attached hydrogens (tertiary/aromatic N) is 1. The van der Waals surface area contributed by atoms with Gasteiger partial charge in [0.15, 0.2) is 0 Å². The number of aryl methyl sites for hydroxylation is 1. The van der Waals surface area contributed by atoms with Gasteiger partial charge >= 0.3 is 6.09 Å². The number of thiol groups is 1. The minimum absolute atomic E-state index is 0.000382. The fourth-order valence-corrected chi connectivity index (χ4v) is 3.43. The van der Waals surface area contributed by atoms with Crippen molar-refractivity contribution in [3.05, 3.63) is 29.3 Å². The van der Waals surface area contributed by atoms with Crippen LogP contribution in [0.15, 0.2) is 18.2 Å². The molecular formula is C23H37N3O5S. The van der Waals surface area contributed by atoms with E-state index in [0.717, 1.165) is 0 Å². The Kier molecular flexibility index (Phi) is 9.88. The molecule has 0 aliphatic rings. The third kappa shape index (κ3) is 7.62. The molecule has 0 aromatic heterocycles. The Hall–Kier alpha value is -2.42. The second kappa shape index (κ2) is 11.4. The molecule has 2 unspecified atom stereocenters. The summed E-state index contributed by atoms with van der Waals surface area (Å²) in [5, 5.41) is 16.1. The van der Waals surface area contributed by atoms with E-state index in [0.29, 0.717) is 11.1 Å². The van der Waals surface area contributed by atoms with Crippen molar-refractivity contribution < 1.29 is 24.2 Å². The molecule has 0 aliphatic heterocycles. The van der Waals surface area contributed by atoms with E-state index < -0.39 is 41.6 Å². The van der Waals surface area contributed by atoms with Gasteiger partial charge in [-0.15, -0.1) is 0 Å². The highest BCUT2D eigenvalue weighted by Crippen LogP contribution is 2.33. The standard InChI is InChI=1S/C23H37N3O5S/c1-13(2)24-20(28)18(16-11-9-10-15(5)19(16)27)26(14(3)4)21(29)17(12-32)25-22(30)31-23(6,7)8/h9-11,13-14,17-18,27,32H,12H2,1-8H3,(H,24,28)(H,25,30). The van der Waals surface area contributed by atoms with Gasteiger partial charge in [0.2, 0.25) is 11.8 Å². The Morgan fingerprint density at radius 1 is 1.12 bits per heavy atom. The molecular weight excluding hydrogens is 430 g/mol. The summed E-state index contributed by atoms with van der Waals surface area (Å²) in [4.78, 5) is 40.5. The number of nitrogens with one attached hydrogen (secondary N) is 2. The minimum atomic E-state index is -1.10. The number of hydrogen-bond acceptors (Lipinski definition) is 6. The van der Waals surface area contributed by atoms with E-state index in [4.69, 9.17) is 4.74 Å². The number of carbonyl (C=O) groups excluding carboxylic acids is 3. The van der Waals surface area contributed by atoms with Crippen LogP contribution in [0.25, 0.3) is 0 Å². The van der Waals surface area contributed by atoms with Gasteiger partial charge in [-0.05, 0) is 61.0 Å². The number of phenolic OH excluding ortho intramolecular Hbond substituents is 1. The number of amides is 3. The van der Waals surface area contributed by atoms with Crippen LogP contribution in [0.1, 0.15) is 65.6 Å².